The molecule has 0 aliphatic rings. The molecule has 0 heterocycles. The summed E-state index contributed by atoms with van der Waals surface area (Å²) in [6.45, 7) is 10.8. The van der Waals surface area contributed by atoms with Crippen LogP contribution in [0.4, 0.5) is 52.7 Å². The van der Waals surface area contributed by atoms with E-state index in [4.69, 9.17) is 14.2 Å². The van der Waals surface area contributed by atoms with Crippen molar-refractivity contribution in [3.63, 3.8) is 0 Å². The van der Waals surface area contributed by atoms with E-state index < -0.39 is 129 Å². The standard InChI is InChI=1S/C37H52F12O8/c1-8-10-11-12-13-14-32(38,39)34(42,43)36(46,47)37(48,49)35(44,45)33(40,41)16-15-31(22-56-27(52)24(3)4,23-57-28(53)25(5)6)17-18-55-29(54)26(7)19-30(9-2,20-50)21-51/h50-51H,3,5,7-23H2,1-2,4,6H3. The molecule has 0 aliphatic carbocycles. The average molecular weight is 853 g/mol. The number of ether oxygens (including phenoxy) is 3. The number of rotatable bonds is 29. The number of carbonyl (C=O) groups excluding carboxylic acids is 3. The molecule has 0 rings (SSSR count). The lowest BCUT2D eigenvalue weighted by Crippen LogP contribution is -2.70. The second kappa shape index (κ2) is 21.1. The zero-order valence-electron chi connectivity index (χ0n) is 32.3. The molecule has 332 valence electrons. The van der Waals surface area contributed by atoms with Crippen molar-refractivity contribution in [3.8, 4) is 0 Å². The van der Waals surface area contributed by atoms with Gasteiger partial charge in [-0.05, 0) is 46.0 Å². The number of aliphatic hydroxyl groups excluding tert-OH is 2. The number of esters is 3. The maximum Gasteiger partial charge on any atom is 0.384 e. The Balaban J connectivity index is 6.83. The summed E-state index contributed by atoms with van der Waals surface area (Å²) in [6.07, 6.45) is -7.64. The van der Waals surface area contributed by atoms with Crippen LogP contribution in [0.5, 0.6) is 0 Å². The summed E-state index contributed by atoms with van der Waals surface area (Å²) in [5, 5.41) is 19.3. The van der Waals surface area contributed by atoms with Crippen LogP contribution >= 0.6 is 0 Å². The van der Waals surface area contributed by atoms with Crippen molar-refractivity contribution in [2.75, 3.05) is 33.0 Å². The van der Waals surface area contributed by atoms with E-state index >= 15 is 17.6 Å². The van der Waals surface area contributed by atoms with E-state index in [1.165, 1.54) is 0 Å². The predicted molar refractivity (Wildman–Crippen MR) is 182 cm³/mol. The third-order valence-electron chi connectivity index (χ3n) is 9.54. The van der Waals surface area contributed by atoms with Gasteiger partial charge >= 0.3 is 53.4 Å². The van der Waals surface area contributed by atoms with Crippen LogP contribution in [0.1, 0.15) is 98.3 Å². The van der Waals surface area contributed by atoms with E-state index in [-0.39, 0.29) is 42.4 Å². The molecule has 0 fully saturated rings. The quantitative estimate of drug-likeness (QED) is 0.0251. The molecule has 0 spiro atoms. The average Bonchev–Trinajstić information content (AvgIpc) is 3.13. The highest BCUT2D eigenvalue weighted by Crippen LogP contribution is 2.61. The molecule has 0 atom stereocenters. The van der Waals surface area contributed by atoms with Crippen LogP contribution in [0.2, 0.25) is 0 Å². The minimum atomic E-state index is -7.83. The van der Waals surface area contributed by atoms with Crippen LogP contribution in [0.3, 0.4) is 0 Å². The van der Waals surface area contributed by atoms with Gasteiger partial charge in [-0.3, -0.25) is 0 Å². The normalized spacial score (nSPS) is 13.6. The molecular weight excluding hydrogens is 800 g/mol. The van der Waals surface area contributed by atoms with Gasteiger partial charge in [-0.25, -0.2) is 14.4 Å². The fourth-order valence-electron chi connectivity index (χ4n) is 5.18. The topological polar surface area (TPSA) is 119 Å². The molecule has 0 saturated heterocycles. The first-order valence-electron chi connectivity index (χ1n) is 17.9. The maximum atomic E-state index is 15.3. The van der Waals surface area contributed by atoms with E-state index in [9.17, 15) is 59.7 Å². The Morgan fingerprint density at radius 3 is 1.33 bits per heavy atom. The number of halogens is 12. The minimum Gasteiger partial charge on any atom is -0.462 e. The summed E-state index contributed by atoms with van der Waals surface area (Å²) in [5.41, 5.74) is -4.70. The van der Waals surface area contributed by atoms with Crippen molar-refractivity contribution in [1.29, 1.82) is 0 Å². The molecule has 2 N–H and O–H groups in total. The second-order valence-corrected chi connectivity index (χ2v) is 14.4. The highest BCUT2D eigenvalue weighted by molar-refractivity contribution is 5.88. The van der Waals surface area contributed by atoms with Crippen LogP contribution in [-0.2, 0) is 28.6 Å². The molecule has 20 heteroatoms. The van der Waals surface area contributed by atoms with Crippen LogP contribution in [0, 0.1) is 10.8 Å². The van der Waals surface area contributed by atoms with E-state index in [0.29, 0.717) is 12.8 Å². The van der Waals surface area contributed by atoms with Crippen LogP contribution in [-0.4, -0.2) is 96.7 Å². The molecule has 0 unspecified atom stereocenters. The van der Waals surface area contributed by atoms with Crippen LogP contribution in [0.25, 0.3) is 0 Å². The van der Waals surface area contributed by atoms with Gasteiger partial charge in [-0.15, -0.1) is 0 Å². The molecule has 0 aromatic rings. The van der Waals surface area contributed by atoms with Gasteiger partial charge in [0.15, 0.2) is 0 Å². The minimum absolute atomic E-state index is 0.139. The van der Waals surface area contributed by atoms with E-state index in [1.54, 1.807) is 13.8 Å². The van der Waals surface area contributed by atoms with Gasteiger partial charge in [0.05, 0.1) is 19.8 Å². The summed E-state index contributed by atoms with van der Waals surface area (Å²) >= 11 is 0. The molecule has 57 heavy (non-hydrogen) atoms. The number of hydrogen-bond acceptors (Lipinski definition) is 8. The zero-order valence-corrected chi connectivity index (χ0v) is 32.3. The Labute approximate surface area is 323 Å². The van der Waals surface area contributed by atoms with Gasteiger partial charge < -0.3 is 24.4 Å². The van der Waals surface area contributed by atoms with Gasteiger partial charge in [-0.1, -0.05) is 59.3 Å². The molecular formula is C37H52F12O8. The fourth-order valence-corrected chi connectivity index (χ4v) is 5.18. The van der Waals surface area contributed by atoms with Gasteiger partial charge in [0.1, 0.15) is 13.2 Å². The predicted octanol–water partition coefficient (Wildman–Crippen LogP) is 9.42. The lowest BCUT2D eigenvalue weighted by molar-refractivity contribution is -0.426. The smallest absolute Gasteiger partial charge is 0.384 e. The third kappa shape index (κ3) is 13.1. The number of hydrogen-bond donors (Lipinski definition) is 2. The van der Waals surface area contributed by atoms with Crippen molar-refractivity contribution in [1.82, 2.24) is 0 Å². The number of aliphatic hydroxyl groups is 2. The zero-order chi connectivity index (χ0) is 44.9. The second-order valence-electron chi connectivity index (χ2n) is 14.4. The summed E-state index contributed by atoms with van der Waals surface area (Å²) in [6, 6.07) is 0. The Bertz CT molecular complexity index is 1360. The van der Waals surface area contributed by atoms with Crippen molar-refractivity contribution >= 4 is 17.9 Å². The molecule has 0 aromatic carbocycles. The fraction of sp³-hybridized carbons (Fsp3) is 0.757. The summed E-state index contributed by atoms with van der Waals surface area (Å²) in [4.78, 5) is 37.2. The van der Waals surface area contributed by atoms with Gasteiger partial charge in [0.2, 0.25) is 0 Å². The van der Waals surface area contributed by atoms with Crippen LogP contribution in [0.15, 0.2) is 36.5 Å². The summed E-state index contributed by atoms with van der Waals surface area (Å²) in [7, 11) is 0. The molecule has 0 amide bonds. The lowest BCUT2D eigenvalue weighted by Gasteiger charge is -2.42. The van der Waals surface area contributed by atoms with Crippen molar-refractivity contribution in [3.05, 3.63) is 36.5 Å². The lowest BCUT2D eigenvalue weighted by atomic mass is 9.79. The highest BCUT2D eigenvalue weighted by atomic mass is 19.4. The first-order valence-corrected chi connectivity index (χ1v) is 17.9. The number of carbonyl (C=O) groups is 3. The highest BCUT2D eigenvalue weighted by Gasteiger charge is 2.89. The third-order valence-corrected chi connectivity index (χ3v) is 9.54. The molecule has 0 saturated carbocycles. The van der Waals surface area contributed by atoms with E-state index in [1.807, 2.05) is 0 Å². The van der Waals surface area contributed by atoms with Crippen molar-refractivity contribution < 1.29 is 91.5 Å². The summed E-state index contributed by atoms with van der Waals surface area (Å²) < 4.78 is 192. The Hall–Kier alpha value is -3.29. The number of unbranched alkanes of at least 4 members (excludes halogenated alkanes) is 4. The molecule has 8 nitrogen and oxygen atoms in total. The first kappa shape index (κ1) is 53.7. The SMILES string of the molecule is C=C(C)C(=O)OCC(CCOC(=O)C(=C)CC(CC)(CO)CO)(CCC(F)(F)C(F)(F)C(F)(F)C(F)(F)C(F)(F)C(F)(F)CCCCCCC)COC(=O)C(=C)C. The molecule has 0 radical (unpaired) electrons. The van der Waals surface area contributed by atoms with E-state index in [0.717, 1.165) is 13.8 Å². The summed E-state index contributed by atoms with van der Waals surface area (Å²) in [5.74, 6) is -46.5. The molecule has 0 aromatic heterocycles. The maximum absolute atomic E-state index is 15.3. The van der Waals surface area contributed by atoms with E-state index in [2.05, 4.69) is 19.7 Å². The van der Waals surface area contributed by atoms with Crippen molar-refractivity contribution in [2.45, 2.75) is 134 Å². The van der Waals surface area contributed by atoms with Crippen molar-refractivity contribution in [2.24, 2.45) is 10.8 Å². The Morgan fingerprint density at radius 1 is 0.526 bits per heavy atom. The Kier molecular flexibility index (Phi) is 19.9. The van der Waals surface area contributed by atoms with Gasteiger partial charge in [-0.2, -0.15) is 52.7 Å². The van der Waals surface area contributed by atoms with Gasteiger partial charge in [0.25, 0.3) is 0 Å². The molecule has 0 aliphatic heterocycles. The molecule has 0 bridgehead atoms. The van der Waals surface area contributed by atoms with Gasteiger partial charge in [0, 0.05) is 40.4 Å². The van der Waals surface area contributed by atoms with Crippen LogP contribution < -0.4 is 0 Å². The number of alkyl halides is 12. The largest absolute Gasteiger partial charge is 0.462 e. The first-order chi connectivity index (χ1) is 25.9. The Morgan fingerprint density at radius 2 is 0.947 bits per heavy atom. The monoisotopic (exact) mass is 852 g/mol.